The number of methoxy groups -OCH3 is 1. The van der Waals surface area contributed by atoms with Gasteiger partial charge in [0, 0.05) is 0 Å². The van der Waals surface area contributed by atoms with E-state index in [0.29, 0.717) is 0 Å². The lowest BCUT2D eigenvalue weighted by molar-refractivity contribution is -0.123. The Hall–Kier alpha value is -2.17. The van der Waals surface area contributed by atoms with Gasteiger partial charge in [-0.15, -0.1) is 0 Å². The van der Waals surface area contributed by atoms with Gasteiger partial charge in [-0.3, -0.25) is 9.63 Å². The smallest absolute Gasteiger partial charge is 0.335 e. The molecule has 0 aliphatic rings. The van der Waals surface area contributed by atoms with Crippen molar-refractivity contribution < 1.29 is 32.7 Å². The van der Waals surface area contributed by atoms with Crippen LogP contribution in [0.25, 0.3) is 0 Å². The first-order valence-corrected chi connectivity index (χ1v) is 6.59. The van der Waals surface area contributed by atoms with E-state index in [1.165, 1.54) is 7.11 Å². The number of carboxylic acids is 1. The number of carbonyl (C=O) groups is 2. The fraction of sp³-hybridized carbons (Fsp3) is 0.200. The van der Waals surface area contributed by atoms with Crippen LogP contribution in [0.2, 0.25) is 0 Å². The number of ether oxygens (including phenoxy) is 1. The van der Waals surface area contributed by atoms with E-state index in [0.717, 1.165) is 18.2 Å². The van der Waals surface area contributed by atoms with E-state index in [-0.39, 0.29) is 16.2 Å². The lowest BCUT2D eigenvalue weighted by Gasteiger charge is -2.10. The molecule has 0 fully saturated rings. The third-order valence-corrected chi connectivity index (χ3v) is 3.34. The quantitative estimate of drug-likeness (QED) is 0.553. The second kappa shape index (κ2) is 6.32. The SMILES string of the molecule is COc1cc(C(=O)O)ccc1S(=O)(=O)NOCC(N)=O. The molecule has 0 heterocycles. The van der Waals surface area contributed by atoms with Gasteiger partial charge in [0.25, 0.3) is 10.0 Å². The van der Waals surface area contributed by atoms with E-state index in [1.54, 1.807) is 4.89 Å². The molecule has 0 saturated heterocycles. The molecule has 110 valence electrons. The Morgan fingerprint density at radius 3 is 2.55 bits per heavy atom. The van der Waals surface area contributed by atoms with Crippen LogP contribution in [0.15, 0.2) is 23.1 Å². The minimum absolute atomic E-state index is 0.140. The molecule has 0 radical (unpaired) electrons. The zero-order valence-electron chi connectivity index (χ0n) is 10.3. The predicted molar refractivity (Wildman–Crippen MR) is 65.4 cm³/mol. The number of amides is 1. The van der Waals surface area contributed by atoms with E-state index in [9.17, 15) is 18.0 Å². The Morgan fingerprint density at radius 1 is 1.40 bits per heavy atom. The van der Waals surface area contributed by atoms with E-state index < -0.39 is 28.5 Å². The third kappa shape index (κ3) is 3.91. The minimum Gasteiger partial charge on any atom is -0.495 e. The molecule has 9 nitrogen and oxygen atoms in total. The van der Waals surface area contributed by atoms with Crippen molar-refractivity contribution in [3.63, 3.8) is 0 Å². The zero-order chi connectivity index (χ0) is 15.3. The number of hydrogen-bond donors (Lipinski definition) is 3. The van der Waals surface area contributed by atoms with E-state index in [2.05, 4.69) is 4.84 Å². The fourth-order valence-electron chi connectivity index (χ4n) is 1.25. The first-order valence-electron chi connectivity index (χ1n) is 5.11. The van der Waals surface area contributed by atoms with E-state index >= 15 is 0 Å². The average molecular weight is 304 g/mol. The van der Waals surface area contributed by atoms with Crippen LogP contribution in [0.3, 0.4) is 0 Å². The molecular weight excluding hydrogens is 292 g/mol. The molecule has 4 N–H and O–H groups in total. The first kappa shape index (κ1) is 15.9. The van der Waals surface area contributed by atoms with Crippen molar-refractivity contribution in [3.05, 3.63) is 23.8 Å². The maximum Gasteiger partial charge on any atom is 0.335 e. The van der Waals surface area contributed by atoms with Crippen molar-refractivity contribution in [2.24, 2.45) is 5.73 Å². The lowest BCUT2D eigenvalue weighted by atomic mass is 10.2. The normalized spacial score (nSPS) is 11.1. The summed E-state index contributed by atoms with van der Waals surface area (Å²) in [5.41, 5.74) is 4.64. The minimum atomic E-state index is -4.14. The van der Waals surface area contributed by atoms with Crippen LogP contribution in [-0.4, -0.2) is 39.1 Å². The third-order valence-electron chi connectivity index (χ3n) is 2.08. The van der Waals surface area contributed by atoms with Crippen molar-refractivity contribution in [3.8, 4) is 5.75 Å². The number of benzene rings is 1. The average Bonchev–Trinajstić information content (AvgIpc) is 2.37. The van der Waals surface area contributed by atoms with E-state index in [4.69, 9.17) is 15.6 Å². The zero-order valence-corrected chi connectivity index (χ0v) is 11.1. The number of rotatable bonds is 7. The Bertz CT molecular complexity index is 626. The summed E-state index contributed by atoms with van der Waals surface area (Å²) in [5.74, 6) is -2.27. The number of primary amides is 1. The summed E-state index contributed by atoms with van der Waals surface area (Å²) in [4.78, 5) is 27.0. The molecule has 1 aromatic rings. The highest BCUT2D eigenvalue weighted by Crippen LogP contribution is 2.24. The molecule has 0 bridgehead atoms. The summed E-state index contributed by atoms with van der Waals surface area (Å²) in [7, 11) is -2.95. The Labute approximate surface area is 114 Å². The van der Waals surface area contributed by atoms with Gasteiger partial charge >= 0.3 is 5.97 Å². The molecule has 0 aromatic heterocycles. The van der Waals surface area contributed by atoms with Crippen molar-refractivity contribution >= 4 is 21.9 Å². The number of sulfonamides is 1. The van der Waals surface area contributed by atoms with Crippen molar-refractivity contribution in [1.82, 2.24) is 4.89 Å². The number of hydrogen-bond acceptors (Lipinski definition) is 6. The fourth-order valence-corrected chi connectivity index (χ4v) is 2.20. The number of carboxylic acid groups (broad SMARTS) is 1. The molecule has 1 amide bonds. The molecule has 1 rings (SSSR count). The van der Waals surface area contributed by atoms with Crippen LogP contribution in [-0.2, 0) is 19.7 Å². The Kier molecular flexibility index (Phi) is 5.02. The molecule has 0 saturated carbocycles. The topological polar surface area (TPSA) is 145 Å². The number of nitrogens with one attached hydrogen (secondary N) is 1. The van der Waals surface area contributed by atoms with E-state index in [1.807, 2.05) is 0 Å². The van der Waals surface area contributed by atoms with Gasteiger partial charge in [0.2, 0.25) is 5.91 Å². The summed E-state index contributed by atoms with van der Waals surface area (Å²) in [6.45, 7) is -0.644. The van der Waals surface area contributed by atoms with Crippen molar-refractivity contribution in [1.29, 1.82) is 0 Å². The van der Waals surface area contributed by atoms with Crippen LogP contribution in [0.4, 0.5) is 0 Å². The van der Waals surface area contributed by atoms with Gasteiger partial charge in [-0.25, -0.2) is 13.2 Å². The number of carbonyl (C=O) groups excluding carboxylic acids is 1. The molecule has 10 heteroatoms. The molecule has 0 spiro atoms. The number of aromatic carboxylic acids is 1. The van der Waals surface area contributed by atoms with Crippen LogP contribution in [0.1, 0.15) is 10.4 Å². The molecule has 20 heavy (non-hydrogen) atoms. The van der Waals surface area contributed by atoms with Crippen molar-refractivity contribution in [2.45, 2.75) is 4.90 Å². The van der Waals surface area contributed by atoms with Crippen molar-refractivity contribution in [2.75, 3.05) is 13.7 Å². The summed E-state index contributed by atoms with van der Waals surface area (Å²) in [6, 6.07) is 3.18. The largest absolute Gasteiger partial charge is 0.495 e. The first-order chi connectivity index (χ1) is 9.27. The maximum absolute atomic E-state index is 11.9. The molecule has 0 aliphatic heterocycles. The van der Waals surface area contributed by atoms with Gasteiger partial charge in [-0.05, 0) is 18.2 Å². The highest BCUT2D eigenvalue weighted by Gasteiger charge is 2.21. The van der Waals surface area contributed by atoms with Gasteiger partial charge in [0.15, 0.2) is 0 Å². The van der Waals surface area contributed by atoms with Gasteiger partial charge in [0.05, 0.1) is 12.7 Å². The molecule has 1 aromatic carbocycles. The van der Waals surface area contributed by atoms with Gasteiger partial charge in [-0.1, -0.05) is 4.89 Å². The molecule has 0 unspecified atom stereocenters. The number of nitrogens with two attached hydrogens (primary N) is 1. The second-order valence-electron chi connectivity index (χ2n) is 3.51. The monoisotopic (exact) mass is 304 g/mol. The van der Waals surface area contributed by atoms with Crippen LogP contribution in [0, 0.1) is 0 Å². The lowest BCUT2D eigenvalue weighted by Crippen LogP contribution is -2.29. The summed E-state index contributed by atoms with van der Waals surface area (Å²) >= 11 is 0. The van der Waals surface area contributed by atoms with Crippen LogP contribution >= 0.6 is 0 Å². The standard InChI is InChI=1S/C10H12N2O7S/c1-18-7-4-6(10(14)15)2-3-8(7)20(16,17)12-19-5-9(11)13/h2-4,12H,5H2,1H3,(H2,11,13)(H,14,15). The highest BCUT2D eigenvalue weighted by molar-refractivity contribution is 7.89. The predicted octanol–water partition coefficient (Wildman–Crippen LogP) is -0.911. The molecule has 0 atom stereocenters. The van der Waals surface area contributed by atoms with Gasteiger partial charge in [0.1, 0.15) is 17.3 Å². The Balaban J connectivity index is 3.05. The second-order valence-corrected chi connectivity index (χ2v) is 5.13. The van der Waals surface area contributed by atoms with Crippen LogP contribution < -0.4 is 15.4 Å². The molecular formula is C10H12N2O7S. The molecule has 0 aliphatic carbocycles. The maximum atomic E-state index is 11.9. The van der Waals surface area contributed by atoms with Gasteiger partial charge < -0.3 is 15.6 Å². The summed E-state index contributed by atoms with van der Waals surface area (Å²) in [5, 5.41) is 8.80. The highest BCUT2D eigenvalue weighted by atomic mass is 32.2. The summed E-state index contributed by atoms with van der Waals surface area (Å²) < 4.78 is 28.5. The van der Waals surface area contributed by atoms with Crippen LogP contribution in [0.5, 0.6) is 5.75 Å². The Morgan fingerprint density at radius 2 is 2.05 bits per heavy atom. The summed E-state index contributed by atoms with van der Waals surface area (Å²) in [6.07, 6.45) is 0. The van der Waals surface area contributed by atoms with Gasteiger partial charge in [-0.2, -0.15) is 0 Å².